The number of hydrogen-bond donors (Lipinski definition) is 1. The van der Waals surface area contributed by atoms with Gasteiger partial charge in [0.05, 0.1) is 0 Å². The van der Waals surface area contributed by atoms with Crippen molar-refractivity contribution in [2.45, 2.75) is 23.9 Å². The summed E-state index contributed by atoms with van der Waals surface area (Å²) in [6.45, 7) is 0.166. The van der Waals surface area contributed by atoms with Crippen LogP contribution in [0.5, 0.6) is 0 Å². The van der Waals surface area contributed by atoms with Crippen LogP contribution in [0.3, 0.4) is 0 Å². The van der Waals surface area contributed by atoms with Gasteiger partial charge in [-0.2, -0.15) is 0 Å². The zero-order chi connectivity index (χ0) is 14.8. The van der Waals surface area contributed by atoms with Crippen molar-refractivity contribution in [3.8, 4) is 0 Å². The lowest BCUT2D eigenvalue weighted by Crippen LogP contribution is -2.25. The molecule has 0 amide bonds. The summed E-state index contributed by atoms with van der Waals surface area (Å²) < 4.78 is 27.3. The normalized spacial score (nSPS) is 17.6. The molecular weight excluding hydrogens is 312 g/mol. The fourth-order valence-corrected chi connectivity index (χ4v) is 3.79. The van der Waals surface area contributed by atoms with E-state index in [1.807, 2.05) is 18.2 Å². The van der Waals surface area contributed by atoms with E-state index in [0.29, 0.717) is 5.02 Å². The van der Waals surface area contributed by atoms with Crippen molar-refractivity contribution in [3.05, 3.63) is 64.2 Å². The molecule has 1 atom stereocenters. The fourth-order valence-electron chi connectivity index (χ4n) is 2.50. The number of benzene rings is 2. The van der Waals surface area contributed by atoms with E-state index in [1.54, 1.807) is 11.8 Å². The summed E-state index contributed by atoms with van der Waals surface area (Å²) in [5, 5.41) is 3.93. The Morgan fingerprint density at radius 1 is 1.19 bits per heavy atom. The lowest BCUT2D eigenvalue weighted by molar-refractivity contribution is 0.478. The maximum atomic E-state index is 13.7. The van der Waals surface area contributed by atoms with Crippen LogP contribution in [0.25, 0.3) is 0 Å². The Bertz CT molecular complexity index is 642. The molecular formula is C16H14ClF2NS. The van der Waals surface area contributed by atoms with Gasteiger partial charge in [-0.25, -0.2) is 8.78 Å². The topological polar surface area (TPSA) is 12.0 Å². The molecule has 0 radical (unpaired) electrons. The van der Waals surface area contributed by atoms with Gasteiger partial charge in [0.2, 0.25) is 0 Å². The predicted octanol–water partition coefficient (Wildman–Crippen LogP) is 4.94. The van der Waals surface area contributed by atoms with Crippen LogP contribution >= 0.6 is 23.4 Å². The third kappa shape index (κ3) is 3.23. The highest BCUT2D eigenvalue weighted by Gasteiger charge is 2.21. The van der Waals surface area contributed by atoms with E-state index in [0.717, 1.165) is 17.7 Å². The Morgan fingerprint density at radius 3 is 2.71 bits per heavy atom. The van der Waals surface area contributed by atoms with Gasteiger partial charge < -0.3 is 5.32 Å². The molecule has 3 rings (SSSR count). The van der Waals surface area contributed by atoms with Gasteiger partial charge in [0.15, 0.2) is 0 Å². The first kappa shape index (κ1) is 14.8. The van der Waals surface area contributed by atoms with E-state index >= 15 is 0 Å². The van der Waals surface area contributed by atoms with Gasteiger partial charge in [-0.3, -0.25) is 0 Å². The van der Waals surface area contributed by atoms with Crippen LogP contribution in [0.4, 0.5) is 8.78 Å². The number of thioether (sulfide) groups is 1. The smallest absolute Gasteiger partial charge is 0.130 e. The molecule has 0 aliphatic carbocycles. The third-order valence-corrected chi connectivity index (χ3v) is 4.96. The maximum Gasteiger partial charge on any atom is 0.130 e. The zero-order valence-electron chi connectivity index (χ0n) is 11.2. The Balaban J connectivity index is 1.80. The first-order chi connectivity index (χ1) is 10.1. The molecule has 0 bridgehead atoms. The second-order valence-electron chi connectivity index (χ2n) is 4.95. The van der Waals surface area contributed by atoms with E-state index < -0.39 is 11.6 Å². The Hall–Kier alpha value is -1.10. The fraction of sp³-hybridized carbons (Fsp3) is 0.250. The molecule has 1 aliphatic rings. The van der Waals surface area contributed by atoms with Gasteiger partial charge in [-0.1, -0.05) is 17.7 Å². The van der Waals surface area contributed by atoms with Crippen LogP contribution in [0.15, 0.2) is 41.3 Å². The minimum Gasteiger partial charge on any atom is -0.306 e. The van der Waals surface area contributed by atoms with Crippen molar-refractivity contribution >= 4 is 23.4 Å². The molecule has 2 aromatic carbocycles. The predicted molar refractivity (Wildman–Crippen MR) is 82.7 cm³/mol. The highest BCUT2D eigenvalue weighted by atomic mass is 35.5. The van der Waals surface area contributed by atoms with Crippen LogP contribution in [-0.2, 0) is 6.54 Å². The molecule has 1 heterocycles. The molecule has 0 aromatic heterocycles. The van der Waals surface area contributed by atoms with Crippen molar-refractivity contribution in [2.75, 3.05) is 5.75 Å². The highest BCUT2D eigenvalue weighted by Crippen LogP contribution is 2.37. The van der Waals surface area contributed by atoms with Crippen molar-refractivity contribution in [1.29, 1.82) is 0 Å². The van der Waals surface area contributed by atoms with Crippen LogP contribution in [0, 0.1) is 11.6 Å². The SMILES string of the molecule is Fc1cccc(F)c1CNC1CCSc2ccc(Cl)cc21. The monoisotopic (exact) mass is 325 g/mol. The van der Waals surface area contributed by atoms with E-state index in [1.165, 1.54) is 23.1 Å². The van der Waals surface area contributed by atoms with Crippen molar-refractivity contribution in [2.24, 2.45) is 0 Å². The number of hydrogen-bond acceptors (Lipinski definition) is 2. The minimum absolute atomic E-state index is 0.0685. The van der Waals surface area contributed by atoms with Gasteiger partial charge in [0, 0.05) is 28.1 Å². The van der Waals surface area contributed by atoms with E-state index in [-0.39, 0.29) is 18.2 Å². The number of halogens is 3. The minimum atomic E-state index is -0.515. The molecule has 1 N–H and O–H groups in total. The van der Waals surface area contributed by atoms with Gasteiger partial charge in [0.1, 0.15) is 11.6 Å². The summed E-state index contributed by atoms with van der Waals surface area (Å²) in [5.74, 6) is -0.0514. The molecule has 2 aromatic rings. The van der Waals surface area contributed by atoms with Crippen LogP contribution in [0.2, 0.25) is 5.02 Å². The van der Waals surface area contributed by atoms with Gasteiger partial charge in [-0.05, 0) is 48.1 Å². The molecule has 1 unspecified atom stereocenters. The van der Waals surface area contributed by atoms with E-state index in [9.17, 15) is 8.78 Å². The second-order valence-corrected chi connectivity index (χ2v) is 6.53. The molecule has 1 nitrogen and oxygen atoms in total. The van der Waals surface area contributed by atoms with Crippen LogP contribution in [-0.4, -0.2) is 5.75 Å². The van der Waals surface area contributed by atoms with Crippen LogP contribution in [0.1, 0.15) is 23.6 Å². The van der Waals surface area contributed by atoms with Crippen LogP contribution < -0.4 is 5.32 Å². The van der Waals surface area contributed by atoms with E-state index in [4.69, 9.17) is 11.6 Å². The van der Waals surface area contributed by atoms with Crippen molar-refractivity contribution < 1.29 is 8.78 Å². The van der Waals surface area contributed by atoms with Crippen molar-refractivity contribution in [3.63, 3.8) is 0 Å². The Kier molecular flexibility index (Phi) is 4.48. The molecule has 0 saturated heterocycles. The summed E-state index contributed by atoms with van der Waals surface area (Å²) in [7, 11) is 0. The number of nitrogens with one attached hydrogen (secondary N) is 1. The molecule has 5 heteroatoms. The Morgan fingerprint density at radius 2 is 1.95 bits per heavy atom. The Labute approximate surface area is 131 Å². The average Bonchev–Trinajstić information content (AvgIpc) is 2.47. The van der Waals surface area contributed by atoms with Crippen molar-refractivity contribution in [1.82, 2.24) is 5.32 Å². The first-order valence-corrected chi connectivity index (χ1v) is 8.10. The molecule has 110 valence electrons. The van der Waals surface area contributed by atoms with Gasteiger partial charge >= 0.3 is 0 Å². The molecule has 0 spiro atoms. The second kappa shape index (κ2) is 6.34. The standard InChI is InChI=1S/C16H14ClF2NS/c17-10-4-5-16-11(8-10)15(6-7-21-16)20-9-12-13(18)2-1-3-14(12)19/h1-5,8,15,20H,6-7,9H2. The number of fused-ring (bicyclic) bond motifs is 1. The van der Waals surface area contributed by atoms with Gasteiger partial charge in [0.25, 0.3) is 0 Å². The molecule has 1 aliphatic heterocycles. The number of rotatable bonds is 3. The quantitative estimate of drug-likeness (QED) is 0.857. The zero-order valence-corrected chi connectivity index (χ0v) is 12.8. The summed E-state index contributed by atoms with van der Waals surface area (Å²) >= 11 is 7.83. The summed E-state index contributed by atoms with van der Waals surface area (Å²) in [6, 6.07) is 9.80. The largest absolute Gasteiger partial charge is 0.306 e. The molecule has 0 saturated carbocycles. The summed E-state index contributed by atoms with van der Waals surface area (Å²) in [6.07, 6.45) is 0.911. The van der Waals surface area contributed by atoms with E-state index in [2.05, 4.69) is 5.32 Å². The summed E-state index contributed by atoms with van der Waals surface area (Å²) in [4.78, 5) is 1.18. The lowest BCUT2D eigenvalue weighted by atomic mass is 10.0. The maximum absolute atomic E-state index is 13.7. The lowest BCUT2D eigenvalue weighted by Gasteiger charge is -2.26. The summed E-state index contributed by atoms with van der Waals surface area (Å²) in [5.41, 5.74) is 1.19. The average molecular weight is 326 g/mol. The molecule has 21 heavy (non-hydrogen) atoms. The third-order valence-electron chi connectivity index (χ3n) is 3.60. The highest BCUT2D eigenvalue weighted by molar-refractivity contribution is 7.99. The first-order valence-electron chi connectivity index (χ1n) is 6.73. The molecule has 0 fully saturated rings. The van der Waals surface area contributed by atoms with Gasteiger partial charge in [-0.15, -0.1) is 11.8 Å².